The molecule has 19 nitrogen and oxygen atoms in total. The van der Waals surface area contributed by atoms with Gasteiger partial charge in [0.2, 0.25) is 29.5 Å². The Bertz CT molecular complexity index is 986. The number of aliphatic carboxylic acids is 3. The van der Waals surface area contributed by atoms with Crippen LogP contribution in [-0.4, -0.2) is 115 Å². The number of amides is 5. The number of nitrogens with one attached hydrogen (secondary N) is 4. The third-order valence-corrected chi connectivity index (χ3v) is 5.16. The van der Waals surface area contributed by atoms with Crippen molar-refractivity contribution in [2.75, 3.05) is 0 Å². The van der Waals surface area contributed by atoms with E-state index in [0.717, 1.165) is 13.8 Å². The first-order valence-electron chi connectivity index (χ1n) is 11.6. The lowest BCUT2D eigenvalue weighted by atomic mass is 10.1. The van der Waals surface area contributed by atoms with E-state index >= 15 is 0 Å². The van der Waals surface area contributed by atoms with Crippen molar-refractivity contribution in [1.82, 2.24) is 21.3 Å². The van der Waals surface area contributed by atoms with Gasteiger partial charge in [0.15, 0.2) is 6.04 Å². The molecule has 0 saturated carbocycles. The molecule has 7 atom stereocenters. The van der Waals surface area contributed by atoms with Gasteiger partial charge >= 0.3 is 17.9 Å². The zero-order chi connectivity index (χ0) is 31.3. The number of hydrogen-bond donors (Lipinski definition) is 11. The highest BCUT2D eigenvalue weighted by atomic mass is 16.4. The Labute approximate surface area is 226 Å². The molecule has 0 aliphatic rings. The van der Waals surface area contributed by atoms with Crippen molar-refractivity contribution in [2.24, 2.45) is 11.5 Å². The number of aliphatic hydroxyl groups is 2. The molecule has 0 aromatic heterocycles. The van der Waals surface area contributed by atoms with E-state index < -0.39 is 116 Å². The highest BCUT2D eigenvalue weighted by Gasteiger charge is 2.35. The Morgan fingerprint density at radius 2 is 1.12 bits per heavy atom. The molecule has 0 aliphatic heterocycles. The number of carbonyl (C=O) groups is 8. The van der Waals surface area contributed by atoms with Crippen LogP contribution < -0.4 is 32.7 Å². The summed E-state index contributed by atoms with van der Waals surface area (Å²) in [6.07, 6.45) is -6.19. The fourth-order valence-corrected chi connectivity index (χ4v) is 3.07. The SMILES string of the molecule is C[C@@H](O)[C@H](NC(=O)[C@@H](NC(=O)[C@H](CCC(=O)O)NC(=O)[C@H](CC(N)=O)NC(=O)[C@@H](N)CC(=O)O)[C@@H](C)O)C(=O)O. The summed E-state index contributed by atoms with van der Waals surface area (Å²) in [5.74, 6) is -10.4. The summed E-state index contributed by atoms with van der Waals surface area (Å²) in [6.45, 7) is 2.11. The lowest BCUT2D eigenvalue weighted by Crippen LogP contribution is -2.61. The molecule has 0 radical (unpaired) electrons. The molecule has 226 valence electrons. The molecule has 0 bridgehead atoms. The van der Waals surface area contributed by atoms with Gasteiger partial charge in [0.05, 0.1) is 31.1 Å². The molecular formula is C21H34N6O13. The molecule has 0 aromatic rings. The summed E-state index contributed by atoms with van der Waals surface area (Å²) in [7, 11) is 0. The smallest absolute Gasteiger partial charge is 0.328 e. The maximum absolute atomic E-state index is 12.9. The quantitative estimate of drug-likeness (QED) is 0.0722. The van der Waals surface area contributed by atoms with E-state index in [-0.39, 0.29) is 0 Å². The highest BCUT2D eigenvalue weighted by Crippen LogP contribution is 2.05. The molecule has 0 aromatic carbocycles. The van der Waals surface area contributed by atoms with Gasteiger partial charge in [0.1, 0.15) is 18.1 Å². The molecule has 5 amide bonds. The minimum absolute atomic E-state index is 0.595. The minimum Gasteiger partial charge on any atom is -0.481 e. The number of carboxylic acids is 3. The maximum atomic E-state index is 12.9. The molecule has 0 heterocycles. The predicted molar refractivity (Wildman–Crippen MR) is 130 cm³/mol. The summed E-state index contributed by atoms with van der Waals surface area (Å²) in [4.78, 5) is 95.0. The van der Waals surface area contributed by atoms with Crippen molar-refractivity contribution < 1.29 is 63.9 Å². The van der Waals surface area contributed by atoms with Crippen LogP contribution in [0.15, 0.2) is 0 Å². The molecule has 0 aliphatic carbocycles. The number of carbonyl (C=O) groups excluding carboxylic acids is 5. The molecule has 0 rings (SSSR count). The molecule has 0 spiro atoms. The van der Waals surface area contributed by atoms with E-state index in [2.05, 4.69) is 5.32 Å². The van der Waals surface area contributed by atoms with E-state index in [9.17, 15) is 48.6 Å². The van der Waals surface area contributed by atoms with Gasteiger partial charge in [-0.05, 0) is 20.3 Å². The summed E-state index contributed by atoms with van der Waals surface area (Å²) in [5, 5.41) is 54.5. The Balaban J connectivity index is 5.89. The molecule has 0 fully saturated rings. The van der Waals surface area contributed by atoms with Crippen LogP contribution in [0.25, 0.3) is 0 Å². The Hall–Kier alpha value is -4.36. The Kier molecular flexibility index (Phi) is 14.8. The molecular weight excluding hydrogens is 544 g/mol. The molecule has 0 unspecified atom stereocenters. The van der Waals surface area contributed by atoms with E-state index in [1.54, 1.807) is 0 Å². The minimum atomic E-state index is -1.84. The van der Waals surface area contributed by atoms with Crippen LogP contribution in [0.3, 0.4) is 0 Å². The van der Waals surface area contributed by atoms with Gasteiger partial charge < -0.3 is 58.3 Å². The first kappa shape index (κ1) is 35.6. The second kappa shape index (κ2) is 16.6. The van der Waals surface area contributed by atoms with Gasteiger partial charge in [0, 0.05) is 6.42 Å². The lowest BCUT2D eigenvalue weighted by Gasteiger charge is -2.27. The van der Waals surface area contributed by atoms with Gasteiger partial charge in [-0.15, -0.1) is 0 Å². The van der Waals surface area contributed by atoms with Crippen molar-refractivity contribution >= 4 is 47.4 Å². The monoisotopic (exact) mass is 578 g/mol. The Morgan fingerprint density at radius 1 is 0.650 bits per heavy atom. The predicted octanol–water partition coefficient (Wildman–Crippen LogP) is -5.69. The number of aliphatic hydroxyl groups excluding tert-OH is 2. The zero-order valence-electron chi connectivity index (χ0n) is 21.5. The summed E-state index contributed by atoms with van der Waals surface area (Å²) in [6, 6.07) is -8.81. The van der Waals surface area contributed by atoms with Crippen LogP contribution in [0, 0.1) is 0 Å². The van der Waals surface area contributed by atoms with Crippen molar-refractivity contribution in [3.05, 3.63) is 0 Å². The van der Waals surface area contributed by atoms with Gasteiger partial charge in [0.25, 0.3) is 0 Å². The number of rotatable bonds is 18. The summed E-state index contributed by atoms with van der Waals surface area (Å²) < 4.78 is 0. The second-order valence-electron chi connectivity index (χ2n) is 8.72. The largest absolute Gasteiger partial charge is 0.481 e. The maximum Gasteiger partial charge on any atom is 0.328 e. The van der Waals surface area contributed by atoms with Crippen molar-refractivity contribution in [2.45, 2.75) is 81.9 Å². The molecule has 13 N–H and O–H groups in total. The Morgan fingerprint density at radius 3 is 1.55 bits per heavy atom. The van der Waals surface area contributed by atoms with Gasteiger partial charge in [-0.3, -0.25) is 33.6 Å². The lowest BCUT2D eigenvalue weighted by molar-refractivity contribution is -0.146. The second-order valence-corrected chi connectivity index (χ2v) is 8.72. The van der Waals surface area contributed by atoms with Crippen LogP contribution in [0.1, 0.15) is 39.5 Å². The van der Waals surface area contributed by atoms with Crippen molar-refractivity contribution in [3.8, 4) is 0 Å². The number of primary amides is 1. The molecule has 40 heavy (non-hydrogen) atoms. The van der Waals surface area contributed by atoms with E-state index in [1.807, 2.05) is 16.0 Å². The number of carboxylic acid groups (broad SMARTS) is 3. The highest BCUT2D eigenvalue weighted by molar-refractivity contribution is 5.97. The standard InChI is InChI=1S/C21H34N6O13/c1-7(28)15(20(38)27-16(8(2)29)21(39)40)26-18(36)10(3-4-13(31)32)24-19(37)11(6-12(23)30)25-17(35)9(22)5-14(33)34/h7-11,15-16,28-29H,3-6,22H2,1-2H3,(H2,23,30)(H,24,37)(H,25,35)(H,26,36)(H,27,38)(H,31,32)(H,33,34)(H,39,40)/t7-,8-,9+,10+,11+,15+,16+/m1/s1. The number of nitrogens with two attached hydrogens (primary N) is 2. The first-order valence-corrected chi connectivity index (χ1v) is 11.6. The zero-order valence-corrected chi connectivity index (χ0v) is 21.5. The summed E-state index contributed by atoms with van der Waals surface area (Å²) in [5.41, 5.74) is 10.5. The van der Waals surface area contributed by atoms with Gasteiger partial charge in [-0.2, -0.15) is 0 Å². The average molecular weight is 579 g/mol. The van der Waals surface area contributed by atoms with E-state index in [0.29, 0.717) is 0 Å². The van der Waals surface area contributed by atoms with Crippen LogP contribution in [0.4, 0.5) is 0 Å². The average Bonchev–Trinajstić information content (AvgIpc) is 2.80. The van der Waals surface area contributed by atoms with Gasteiger partial charge in [-0.25, -0.2) is 4.79 Å². The third-order valence-electron chi connectivity index (χ3n) is 5.16. The van der Waals surface area contributed by atoms with E-state index in [4.69, 9.17) is 26.8 Å². The van der Waals surface area contributed by atoms with Crippen LogP contribution in [0.2, 0.25) is 0 Å². The summed E-state index contributed by atoms with van der Waals surface area (Å²) >= 11 is 0. The number of hydrogen-bond acceptors (Lipinski definition) is 11. The van der Waals surface area contributed by atoms with Crippen molar-refractivity contribution in [3.63, 3.8) is 0 Å². The fraction of sp³-hybridized carbons (Fsp3) is 0.619. The van der Waals surface area contributed by atoms with Crippen LogP contribution in [-0.2, 0) is 38.4 Å². The van der Waals surface area contributed by atoms with Crippen LogP contribution in [0.5, 0.6) is 0 Å². The van der Waals surface area contributed by atoms with Crippen molar-refractivity contribution in [1.29, 1.82) is 0 Å². The van der Waals surface area contributed by atoms with Gasteiger partial charge in [-0.1, -0.05) is 0 Å². The van der Waals surface area contributed by atoms with E-state index in [1.165, 1.54) is 0 Å². The topological polar surface area (TPSA) is 338 Å². The normalized spacial score (nSPS) is 16.0. The van der Waals surface area contributed by atoms with Crippen LogP contribution >= 0.6 is 0 Å². The molecule has 19 heteroatoms. The third kappa shape index (κ3) is 12.9. The fourth-order valence-electron chi connectivity index (χ4n) is 3.07. The molecule has 0 saturated heterocycles. The first-order chi connectivity index (χ1) is 18.4.